The molecule has 0 bridgehead atoms. The van der Waals surface area contributed by atoms with E-state index in [9.17, 15) is 15.3 Å². The normalized spacial score (nSPS) is 12.6. The van der Waals surface area contributed by atoms with Crippen LogP contribution in [0.4, 0.5) is 0 Å². The Morgan fingerprint density at radius 1 is 0.429 bits per heavy atom. The van der Waals surface area contributed by atoms with Gasteiger partial charge in [0.2, 0.25) is 0 Å². The zero-order valence-corrected chi connectivity index (χ0v) is 45.4. The van der Waals surface area contributed by atoms with Crippen molar-refractivity contribution in [3.63, 3.8) is 0 Å². The predicted octanol–water partition coefficient (Wildman–Crippen LogP) is 13.7. The quantitative estimate of drug-likeness (QED) is 0.0966. The molecular formula is C68H70N6O3. The van der Waals surface area contributed by atoms with E-state index in [-0.39, 0.29) is 16.9 Å². The molecule has 390 valence electrons. The van der Waals surface area contributed by atoms with Crippen LogP contribution in [0.15, 0.2) is 194 Å². The molecule has 2 heterocycles. The van der Waals surface area contributed by atoms with Crippen molar-refractivity contribution in [1.82, 2.24) is 23.8 Å². The van der Waals surface area contributed by atoms with Gasteiger partial charge in [-0.25, -0.2) is 0 Å². The van der Waals surface area contributed by atoms with Crippen molar-refractivity contribution in [2.45, 2.75) is 39.3 Å². The minimum absolute atomic E-state index is 0.267. The van der Waals surface area contributed by atoms with Crippen molar-refractivity contribution in [2.75, 3.05) is 54.4 Å². The van der Waals surface area contributed by atoms with Crippen LogP contribution in [0.25, 0.3) is 66.1 Å². The first kappa shape index (κ1) is 52.3. The average molecular weight is 1020 g/mol. The predicted molar refractivity (Wildman–Crippen MR) is 320 cm³/mol. The number of phenolic OH excluding ortho intramolecular Hbond substituents is 3. The summed E-state index contributed by atoms with van der Waals surface area (Å²) in [5.74, 6) is 0.901. The third-order valence-corrected chi connectivity index (χ3v) is 15.2. The molecule has 0 atom stereocenters. The third kappa shape index (κ3) is 10.1. The van der Waals surface area contributed by atoms with Gasteiger partial charge in [0.05, 0.1) is 33.4 Å². The van der Waals surface area contributed by atoms with Crippen molar-refractivity contribution < 1.29 is 15.3 Å². The number of hydrogen-bond acceptors (Lipinski definition) is 7. The highest BCUT2D eigenvalue weighted by atomic mass is 16.3. The van der Waals surface area contributed by atoms with Crippen LogP contribution in [0.3, 0.4) is 0 Å². The Kier molecular flexibility index (Phi) is 15.1. The molecule has 2 aromatic heterocycles. The van der Waals surface area contributed by atoms with Gasteiger partial charge in [-0.2, -0.15) is 0 Å². The van der Waals surface area contributed by atoms with Gasteiger partial charge < -0.3 is 40.0 Å². The first-order valence-corrected chi connectivity index (χ1v) is 26.6. The largest absolute Gasteiger partial charge is 0.508 e. The summed E-state index contributed by atoms with van der Waals surface area (Å²) < 4.78 is 4.35. The summed E-state index contributed by atoms with van der Waals surface area (Å²) in [6.45, 7) is 10.7. The highest BCUT2D eigenvalue weighted by Gasteiger charge is 2.42. The lowest BCUT2D eigenvalue weighted by molar-refractivity contribution is 0.221. The molecule has 9 nitrogen and oxygen atoms in total. The molecular weight excluding hydrogens is 949 g/mol. The summed E-state index contributed by atoms with van der Waals surface area (Å²) in [4.78, 5) is 6.54. The van der Waals surface area contributed by atoms with E-state index in [1.165, 1.54) is 22.3 Å². The fourth-order valence-electron chi connectivity index (χ4n) is 11.5. The Balaban J connectivity index is 0.000000197. The van der Waals surface area contributed by atoms with E-state index < -0.39 is 0 Å². The fraction of sp³-hybridized carbons (Fsp3) is 0.206. The molecule has 5 N–H and O–H groups in total. The molecule has 0 unspecified atom stereocenters. The van der Waals surface area contributed by atoms with Gasteiger partial charge in [0.15, 0.2) is 0 Å². The van der Waals surface area contributed by atoms with Crippen LogP contribution < -0.4 is 5.73 Å². The third-order valence-electron chi connectivity index (χ3n) is 15.2. The van der Waals surface area contributed by atoms with Gasteiger partial charge in [-0.05, 0) is 119 Å². The maximum absolute atomic E-state index is 12.0. The molecule has 0 radical (unpaired) electrons. The Morgan fingerprint density at radius 2 is 0.883 bits per heavy atom. The second kappa shape index (κ2) is 22.2. The molecule has 0 spiro atoms. The summed E-state index contributed by atoms with van der Waals surface area (Å²) in [6.07, 6.45) is 0. The number of phenols is 3. The molecule has 0 saturated heterocycles. The molecule has 77 heavy (non-hydrogen) atoms. The van der Waals surface area contributed by atoms with Crippen molar-refractivity contribution >= 4 is 43.6 Å². The first-order chi connectivity index (χ1) is 37.3. The minimum Gasteiger partial charge on any atom is -0.508 e. The van der Waals surface area contributed by atoms with Crippen LogP contribution in [0.2, 0.25) is 0 Å². The van der Waals surface area contributed by atoms with E-state index in [0.717, 1.165) is 109 Å². The Labute approximate surface area is 452 Å². The lowest BCUT2D eigenvalue weighted by Crippen LogP contribution is -2.31. The van der Waals surface area contributed by atoms with Crippen LogP contribution in [0, 0.1) is 13.8 Å². The number of aryl methyl sites for hydroxylation is 2. The number of aromatic nitrogens is 2. The minimum atomic E-state index is -0.316. The number of aromatic hydroxyl groups is 3. The van der Waals surface area contributed by atoms with Crippen molar-refractivity contribution in [3.8, 4) is 39.8 Å². The molecule has 1 aliphatic rings. The van der Waals surface area contributed by atoms with E-state index in [1.54, 1.807) is 6.07 Å². The number of hydrogen-bond donors (Lipinski definition) is 4. The number of nitrogens with zero attached hydrogens (tertiary/aromatic N) is 5. The Hall–Kier alpha value is -8.18. The lowest BCUT2D eigenvalue weighted by Gasteiger charge is -2.29. The first-order valence-electron chi connectivity index (χ1n) is 26.6. The number of nitrogens with two attached hydrogens (primary N) is 1. The fourth-order valence-corrected chi connectivity index (χ4v) is 11.5. The molecule has 11 aromatic rings. The van der Waals surface area contributed by atoms with Gasteiger partial charge in [-0.1, -0.05) is 157 Å². The summed E-state index contributed by atoms with van der Waals surface area (Å²) in [7, 11) is 8.16. The summed E-state index contributed by atoms with van der Waals surface area (Å²) in [5, 5.41) is 39.1. The molecule has 0 saturated carbocycles. The van der Waals surface area contributed by atoms with Gasteiger partial charge in [0.1, 0.15) is 17.2 Å². The van der Waals surface area contributed by atoms with E-state index in [4.69, 9.17) is 5.73 Å². The van der Waals surface area contributed by atoms with Crippen LogP contribution in [-0.4, -0.2) is 93.5 Å². The molecule has 9 aromatic carbocycles. The zero-order chi connectivity index (χ0) is 54.0. The second-order valence-corrected chi connectivity index (χ2v) is 21.2. The molecule has 0 fully saturated rings. The maximum atomic E-state index is 12.0. The number of rotatable bonds is 12. The van der Waals surface area contributed by atoms with E-state index >= 15 is 0 Å². The van der Waals surface area contributed by atoms with Crippen LogP contribution in [0.5, 0.6) is 17.2 Å². The van der Waals surface area contributed by atoms with Crippen molar-refractivity contribution in [2.24, 2.45) is 5.73 Å². The number of likely N-dealkylation sites (N-methyl/N-ethyl adjacent to an activating group) is 2. The zero-order valence-electron chi connectivity index (χ0n) is 45.4. The highest BCUT2D eigenvalue weighted by molar-refractivity contribution is 6.10. The summed E-state index contributed by atoms with van der Waals surface area (Å²) in [6, 6.07) is 66.5. The standard InChI is InChI=1S/C43H40N4O2.C21H18O.C4H12N2/c1-29-25-31(43(49)41(26-29)47-38-20-10-6-16-34(38)35-17-7-11-21-39(35)47)28-45(24-23-44(2)3)27-30-13-12-22-40(42(30)48)46-36-18-8-4-14-32(36)33-15-5-9-19-37(33)46;1-14-11-12-20(22)19(13-14)21(2)17-9-5-3-7-15(17)16-8-4-6-10-18(16)21;1-6(2)4-3-5/h4-22,25-26,48-49H,23-24,27-28H2,1-3H3;3-13,22H,1-2H3;3-5H2,1-2H3. The maximum Gasteiger partial charge on any atom is 0.144 e. The highest BCUT2D eigenvalue weighted by Crippen LogP contribution is 2.54. The molecule has 0 amide bonds. The monoisotopic (exact) mass is 1020 g/mol. The average Bonchev–Trinajstić information content (AvgIpc) is 4.06. The molecule has 9 heteroatoms. The second-order valence-electron chi connectivity index (χ2n) is 21.2. The lowest BCUT2D eigenvalue weighted by atomic mass is 9.73. The number of fused-ring (bicyclic) bond motifs is 9. The van der Waals surface area contributed by atoms with Gasteiger partial charge in [0.25, 0.3) is 0 Å². The smallest absolute Gasteiger partial charge is 0.144 e. The molecule has 12 rings (SSSR count). The van der Waals surface area contributed by atoms with Gasteiger partial charge in [0, 0.05) is 82.9 Å². The molecule has 1 aliphatic carbocycles. The van der Waals surface area contributed by atoms with E-state index in [2.05, 4.69) is 198 Å². The van der Waals surface area contributed by atoms with Gasteiger partial charge >= 0.3 is 0 Å². The number of benzene rings is 9. The van der Waals surface area contributed by atoms with Crippen LogP contribution in [-0.2, 0) is 18.5 Å². The van der Waals surface area contributed by atoms with E-state index in [1.807, 2.05) is 62.6 Å². The summed E-state index contributed by atoms with van der Waals surface area (Å²) in [5.41, 5.74) is 20.6. The Morgan fingerprint density at radius 3 is 1.38 bits per heavy atom. The topological polar surface area (TPSA) is 106 Å². The Bertz CT molecular complexity index is 3750. The molecule has 0 aliphatic heterocycles. The summed E-state index contributed by atoms with van der Waals surface area (Å²) >= 11 is 0. The van der Waals surface area contributed by atoms with E-state index in [0.29, 0.717) is 18.8 Å². The van der Waals surface area contributed by atoms with Crippen molar-refractivity contribution in [1.29, 1.82) is 0 Å². The van der Waals surface area contributed by atoms with Gasteiger partial charge in [-0.3, -0.25) is 4.90 Å². The van der Waals surface area contributed by atoms with Crippen LogP contribution in [0.1, 0.15) is 45.9 Å². The van der Waals surface area contributed by atoms with Crippen molar-refractivity contribution in [3.05, 3.63) is 233 Å². The number of para-hydroxylation sites is 5. The van der Waals surface area contributed by atoms with Crippen LogP contribution >= 0.6 is 0 Å². The SMILES string of the molecule is CN(C)CCN.Cc1cc(CN(CCN(C)C)Cc2cccc(-n3c4ccccc4c4ccccc43)c2O)c(O)c(-n2c3ccccc3c3ccccc32)c1.Cc1ccc(O)c(C2(C)c3ccccc3-c3ccccc32)c1. The van der Waals surface area contributed by atoms with Gasteiger partial charge in [-0.15, -0.1) is 0 Å².